The SMILES string of the molecule is COc1ccc(COC(=O)[C@@H]2N3C(=O)[C@@H](NC(=O)OC(C)(C)C)[C@H]3SC2(C)C)cc1. The largest absolute Gasteiger partial charge is 0.497 e. The van der Waals surface area contributed by atoms with Gasteiger partial charge in [0.15, 0.2) is 0 Å². The topological polar surface area (TPSA) is 94.2 Å². The van der Waals surface area contributed by atoms with E-state index >= 15 is 0 Å². The minimum atomic E-state index is -0.727. The fourth-order valence-electron chi connectivity index (χ4n) is 3.52. The summed E-state index contributed by atoms with van der Waals surface area (Å²) >= 11 is 1.47. The third-order valence-corrected chi connectivity index (χ3v) is 6.45. The lowest BCUT2D eigenvalue weighted by Crippen LogP contribution is -2.70. The number of benzene rings is 1. The van der Waals surface area contributed by atoms with Crippen LogP contribution in [-0.4, -0.2) is 57.8 Å². The van der Waals surface area contributed by atoms with Gasteiger partial charge in [-0.3, -0.25) is 4.79 Å². The first-order valence-electron chi connectivity index (χ1n) is 9.72. The molecular weight excluding hydrogens is 408 g/mol. The lowest BCUT2D eigenvalue weighted by atomic mass is 9.96. The van der Waals surface area contributed by atoms with Crippen LogP contribution in [0.25, 0.3) is 0 Å². The van der Waals surface area contributed by atoms with Crippen molar-refractivity contribution in [3.05, 3.63) is 29.8 Å². The molecule has 1 aromatic carbocycles. The van der Waals surface area contributed by atoms with Crippen LogP contribution in [0.2, 0.25) is 0 Å². The van der Waals surface area contributed by atoms with E-state index in [2.05, 4.69) is 5.32 Å². The number of carbonyl (C=O) groups excluding carboxylic acids is 3. The predicted octanol–water partition coefficient (Wildman–Crippen LogP) is 2.69. The van der Waals surface area contributed by atoms with Gasteiger partial charge in [0.25, 0.3) is 0 Å². The van der Waals surface area contributed by atoms with Gasteiger partial charge in [-0.05, 0) is 52.3 Å². The van der Waals surface area contributed by atoms with Gasteiger partial charge in [-0.1, -0.05) is 12.1 Å². The van der Waals surface area contributed by atoms with Crippen molar-refractivity contribution in [2.24, 2.45) is 0 Å². The Hall–Kier alpha value is -2.42. The molecule has 9 heteroatoms. The van der Waals surface area contributed by atoms with Gasteiger partial charge < -0.3 is 24.4 Å². The van der Waals surface area contributed by atoms with Crippen LogP contribution >= 0.6 is 11.8 Å². The Labute approximate surface area is 180 Å². The molecule has 0 aromatic heterocycles. The van der Waals surface area contributed by atoms with Crippen molar-refractivity contribution in [1.29, 1.82) is 0 Å². The van der Waals surface area contributed by atoms with Gasteiger partial charge in [0.2, 0.25) is 5.91 Å². The number of rotatable bonds is 5. The van der Waals surface area contributed by atoms with Crippen LogP contribution in [0.15, 0.2) is 24.3 Å². The van der Waals surface area contributed by atoms with Crippen molar-refractivity contribution in [2.75, 3.05) is 7.11 Å². The molecule has 0 aliphatic carbocycles. The molecule has 2 saturated heterocycles. The van der Waals surface area contributed by atoms with E-state index in [1.165, 1.54) is 16.7 Å². The third-order valence-electron chi connectivity index (χ3n) is 4.88. The van der Waals surface area contributed by atoms with Crippen LogP contribution in [0.4, 0.5) is 4.79 Å². The molecule has 3 rings (SSSR count). The number of hydrogen-bond donors (Lipinski definition) is 1. The van der Waals surface area contributed by atoms with E-state index in [0.29, 0.717) is 0 Å². The average molecular weight is 437 g/mol. The number of thioether (sulfide) groups is 1. The lowest BCUT2D eigenvalue weighted by molar-refractivity contribution is -0.164. The zero-order valence-corrected chi connectivity index (χ0v) is 18.9. The quantitative estimate of drug-likeness (QED) is 0.560. The minimum absolute atomic E-state index is 0.104. The van der Waals surface area contributed by atoms with Gasteiger partial charge in [0.1, 0.15) is 35.4 Å². The fraction of sp³-hybridized carbons (Fsp3) is 0.571. The standard InChI is InChI=1S/C21H28N2O6S/c1-20(2,3)29-19(26)22-14-16(24)23-15(21(4,5)30-17(14)23)18(25)28-11-12-7-9-13(27-6)10-8-12/h7-10,14-15,17H,11H2,1-6H3,(H,22,26)/t14-,15+,17-/m1/s1. The van der Waals surface area contributed by atoms with E-state index in [-0.39, 0.29) is 17.9 Å². The Bertz CT molecular complexity index is 833. The molecule has 164 valence electrons. The average Bonchev–Trinajstić information content (AvgIpc) is 2.91. The molecule has 0 saturated carbocycles. The van der Waals surface area contributed by atoms with E-state index in [1.54, 1.807) is 40.0 Å². The van der Waals surface area contributed by atoms with Crippen molar-refractivity contribution in [2.45, 2.75) is 69.0 Å². The summed E-state index contributed by atoms with van der Waals surface area (Å²) in [4.78, 5) is 39.1. The summed E-state index contributed by atoms with van der Waals surface area (Å²) in [5.41, 5.74) is 0.162. The smallest absolute Gasteiger partial charge is 0.408 e. The highest BCUT2D eigenvalue weighted by Gasteiger charge is 2.64. The number of nitrogens with zero attached hydrogens (tertiary/aromatic N) is 1. The Morgan fingerprint density at radius 3 is 2.40 bits per heavy atom. The normalized spacial score (nSPS) is 24.5. The number of methoxy groups -OCH3 is 1. The van der Waals surface area contributed by atoms with Crippen LogP contribution in [0, 0.1) is 0 Å². The van der Waals surface area contributed by atoms with Crippen LogP contribution in [0.3, 0.4) is 0 Å². The van der Waals surface area contributed by atoms with E-state index < -0.39 is 34.5 Å². The summed E-state index contributed by atoms with van der Waals surface area (Å²) in [6.45, 7) is 9.16. The first-order chi connectivity index (χ1) is 13.9. The fourth-order valence-corrected chi connectivity index (χ4v) is 5.14. The summed E-state index contributed by atoms with van der Waals surface area (Å²) in [5.74, 6) is -0.0545. The molecule has 30 heavy (non-hydrogen) atoms. The molecule has 0 unspecified atom stereocenters. The highest BCUT2D eigenvalue weighted by molar-refractivity contribution is 8.01. The van der Waals surface area contributed by atoms with Crippen LogP contribution in [-0.2, 0) is 25.7 Å². The van der Waals surface area contributed by atoms with E-state index in [9.17, 15) is 14.4 Å². The zero-order chi connectivity index (χ0) is 22.3. The maximum Gasteiger partial charge on any atom is 0.408 e. The minimum Gasteiger partial charge on any atom is -0.497 e. The molecule has 2 fully saturated rings. The molecule has 0 spiro atoms. The van der Waals surface area contributed by atoms with Crippen molar-refractivity contribution in [3.63, 3.8) is 0 Å². The maximum atomic E-state index is 12.8. The summed E-state index contributed by atoms with van der Waals surface area (Å²) in [6, 6.07) is 5.78. The highest BCUT2D eigenvalue weighted by atomic mass is 32.2. The summed E-state index contributed by atoms with van der Waals surface area (Å²) in [7, 11) is 1.58. The molecule has 8 nitrogen and oxygen atoms in total. The Kier molecular flexibility index (Phi) is 5.95. The molecule has 0 bridgehead atoms. The molecule has 2 aliphatic rings. The summed E-state index contributed by atoms with van der Waals surface area (Å²) in [5, 5.41) is 2.29. The van der Waals surface area contributed by atoms with Crippen molar-refractivity contribution >= 4 is 29.7 Å². The van der Waals surface area contributed by atoms with Gasteiger partial charge >= 0.3 is 12.1 Å². The van der Waals surface area contributed by atoms with Gasteiger partial charge in [0.05, 0.1) is 7.11 Å². The molecule has 1 aromatic rings. The number of carbonyl (C=O) groups is 3. The van der Waals surface area contributed by atoms with E-state index in [1.807, 2.05) is 26.0 Å². The number of nitrogens with one attached hydrogen (secondary N) is 1. The number of amides is 2. The number of β-lactam (4-membered cyclic amide) rings is 1. The van der Waals surface area contributed by atoms with Crippen molar-refractivity contribution in [1.82, 2.24) is 10.2 Å². The van der Waals surface area contributed by atoms with Crippen molar-refractivity contribution in [3.8, 4) is 5.75 Å². The zero-order valence-electron chi connectivity index (χ0n) is 18.1. The second-order valence-electron chi connectivity index (χ2n) is 8.84. The first-order valence-corrected chi connectivity index (χ1v) is 10.6. The van der Waals surface area contributed by atoms with Gasteiger partial charge in [-0.2, -0.15) is 0 Å². The molecule has 0 radical (unpaired) electrons. The monoisotopic (exact) mass is 436 g/mol. The van der Waals surface area contributed by atoms with Gasteiger partial charge in [-0.25, -0.2) is 9.59 Å². The summed E-state index contributed by atoms with van der Waals surface area (Å²) < 4.78 is 15.3. The van der Waals surface area contributed by atoms with E-state index in [0.717, 1.165) is 11.3 Å². The lowest BCUT2D eigenvalue weighted by Gasteiger charge is -2.43. The molecule has 1 N–H and O–H groups in total. The predicted molar refractivity (Wildman–Crippen MR) is 112 cm³/mol. The van der Waals surface area contributed by atoms with Gasteiger partial charge in [0, 0.05) is 4.75 Å². The third kappa shape index (κ3) is 4.50. The van der Waals surface area contributed by atoms with Crippen LogP contribution in [0.5, 0.6) is 5.75 Å². The summed E-state index contributed by atoms with van der Waals surface area (Å²) in [6.07, 6.45) is -0.649. The Morgan fingerprint density at radius 2 is 1.83 bits per heavy atom. The second kappa shape index (κ2) is 8.02. The Balaban J connectivity index is 1.63. The number of alkyl carbamates (subject to hydrolysis) is 1. The molecular formula is C21H28N2O6S. The Morgan fingerprint density at radius 1 is 1.20 bits per heavy atom. The van der Waals surface area contributed by atoms with Gasteiger partial charge in [-0.15, -0.1) is 11.8 Å². The highest BCUT2D eigenvalue weighted by Crippen LogP contribution is 2.51. The first kappa shape index (κ1) is 22.3. The van der Waals surface area contributed by atoms with Crippen LogP contribution in [0.1, 0.15) is 40.2 Å². The number of ether oxygens (including phenoxy) is 3. The molecule has 2 amide bonds. The number of fused-ring (bicyclic) bond motifs is 1. The van der Waals surface area contributed by atoms with Crippen molar-refractivity contribution < 1.29 is 28.6 Å². The molecule has 2 aliphatic heterocycles. The maximum absolute atomic E-state index is 12.8. The second-order valence-corrected chi connectivity index (χ2v) is 10.6. The molecule has 3 atom stereocenters. The van der Waals surface area contributed by atoms with E-state index in [4.69, 9.17) is 14.2 Å². The number of hydrogen-bond acceptors (Lipinski definition) is 7. The van der Waals surface area contributed by atoms with Crippen LogP contribution < -0.4 is 10.1 Å². The number of esters is 1. The molecule has 2 heterocycles.